The zero-order valence-electron chi connectivity index (χ0n) is 12.8. The van der Waals surface area contributed by atoms with Crippen LogP contribution in [0.15, 0.2) is 47.1 Å². The van der Waals surface area contributed by atoms with Gasteiger partial charge in [-0.1, -0.05) is 29.3 Å². The minimum Gasteiger partial charge on any atom is -0.467 e. The second-order valence-corrected chi connectivity index (χ2v) is 5.76. The zero-order chi connectivity index (χ0) is 17.5. The lowest BCUT2D eigenvalue weighted by atomic mass is 10.2. The van der Waals surface area contributed by atoms with Crippen molar-refractivity contribution in [3.8, 4) is 0 Å². The molecule has 5 nitrogen and oxygen atoms in total. The van der Waals surface area contributed by atoms with E-state index in [0.717, 1.165) is 0 Å². The van der Waals surface area contributed by atoms with Gasteiger partial charge >= 0.3 is 5.97 Å². The van der Waals surface area contributed by atoms with Gasteiger partial charge in [0.15, 0.2) is 6.61 Å². The van der Waals surface area contributed by atoms with Crippen LogP contribution in [-0.4, -0.2) is 18.5 Å². The maximum absolute atomic E-state index is 11.7. The number of amides is 1. The van der Waals surface area contributed by atoms with Gasteiger partial charge in [0.05, 0.1) is 12.3 Å². The van der Waals surface area contributed by atoms with Gasteiger partial charge in [0, 0.05) is 16.1 Å². The normalized spacial score (nSPS) is 12.1. The SMILES string of the molecule is C[C@H](NC(=O)COC(=O)/C=C/c1ccc(Cl)cc1Cl)c1ccco1. The van der Waals surface area contributed by atoms with Crippen LogP contribution >= 0.6 is 23.2 Å². The third-order valence-electron chi connectivity index (χ3n) is 3.05. The van der Waals surface area contributed by atoms with Gasteiger partial charge in [-0.2, -0.15) is 0 Å². The van der Waals surface area contributed by atoms with Crippen LogP contribution in [0.3, 0.4) is 0 Å². The Bertz CT molecular complexity index is 741. The molecule has 24 heavy (non-hydrogen) atoms. The number of benzene rings is 1. The Morgan fingerprint density at radius 2 is 2.12 bits per heavy atom. The van der Waals surface area contributed by atoms with Gasteiger partial charge < -0.3 is 14.5 Å². The molecule has 0 aliphatic heterocycles. The predicted octanol–water partition coefficient (Wildman–Crippen LogP) is 4.02. The van der Waals surface area contributed by atoms with E-state index in [2.05, 4.69) is 5.32 Å². The molecule has 1 aromatic carbocycles. The first-order chi connectivity index (χ1) is 11.5. The molecule has 7 heteroatoms. The van der Waals surface area contributed by atoms with E-state index in [-0.39, 0.29) is 12.6 Å². The zero-order valence-corrected chi connectivity index (χ0v) is 14.3. The van der Waals surface area contributed by atoms with Crippen molar-refractivity contribution in [1.29, 1.82) is 0 Å². The molecule has 1 amide bonds. The summed E-state index contributed by atoms with van der Waals surface area (Å²) in [4.78, 5) is 23.4. The van der Waals surface area contributed by atoms with Crippen molar-refractivity contribution in [3.63, 3.8) is 0 Å². The molecule has 0 aliphatic carbocycles. The Kier molecular flexibility index (Phi) is 6.46. The third kappa shape index (κ3) is 5.44. The van der Waals surface area contributed by atoms with Crippen molar-refractivity contribution in [1.82, 2.24) is 5.32 Å². The smallest absolute Gasteiger partial charge is 0.331 e. The van der Waals surface area contributed by atoms with Crippen LogP contribution in [0.4, 0.5) is 0 Å². The number of hydrogen-bond donors (Lipinski definition) is 1. The highest BCUT2D eigenvalue weighted by molar-refractivity contribution is 6.35. The Balaban J connectivity index is 1.80. The molecule has 126 valence electrons. The lowest BCUT2D eigenvalue weighted by Gasteiger charge is -2.11. The van der Waals surface area contributed by atoms with Crippen molar-refractivity contribution in [3.05, 3.63) is 64.0 Å². The van der Waals surface area contributed by atoms with Crippen LogP contribution in [0, 0.1) is 0 Å². The molecule has 0 bridgehead atoms. The first kappa shape index (κ1) is 18.1. The van der Waals surface area contributed by atoms with Crippen molar-refractivity contribution < 1.29 is 18.7 Å². The fraction of sp³-hybridized carbons (Fsp3) is 0.176. The van der Waals surface area contributed by atoms with Crippen molar-refractivity contribution in [2.24, 2.45) is 0 Å². The molecule has 0 radical (unpaired) electrons. The van der Waals surface area contributed by atoms with E-state index in [1.54, 1.807) is 37.3 Å². The van der Waals surface area contributed by atoms with Gasteiger partial charge in [0.25, 0.3) is 5.91 Å². The Morgan fingerprint density at radius 1 is 1.33 bits per heavy atom. The van der Waals surface area contributed by atoms with Crippen molar-refractivity contribution in [2.45, 2.75) is 13.0 Å². The molecule has 2 aromatic rings. The standard InChI is InChI=1S/C17H15Cl2NO4/c1-11(15-3-2-8-23-15)20-16(21)10-24-17(22)7-5-12-4-6-13(18)9-14(12)19/h2-9,11H,10H2,1H3,(H,20,21)/b7-5+/t11-/m0/s1. The summed E-state index contributed by atoms with van der Waals surface area (Å²) in [6.07, 6.45) is 4.20. The van der Waals surface area contributed by atoms with Gasteiger partial charge in [-0.3, -0.25) is 4.79 Å². The average molecular weight is 368 g/mol. The molecule has 1 N–H and O–H groups in total. The van der Waals surface area contributed by atoms with E-state index in [1.165, 1.54) is 18.4 Å². The molecule has 0 fully saturated rings. The van der Waals surface area contributed by atoms with Gasteiger partial charge in [-0.25, -0.2) is 4.79 Å². The number of esters is 1. The number of carbonyl (C=O) groups is 2. The topological polar surface area (TPSA) is 68.5 Å². The Hall–Kier alpha value is -2.24. The summed E-state index contributed by atoms with van der Waals surface area (Å²) in [7, 11) is 0. The number of hydrogen-bond acceptors (Lipinski definition) is 4. The second-order valence-electron chi connectivity index (χ2n) is 4.91. The van der Waals surface area contributed by atoms with Crippen LogP contribution in [0.25, 0.3) is 6.08 Å². The summed E-state index contributed by atoms with van der Waals surface area (Å²) < 4.78 is 10.0. The monoisotopic (exact) mass is 367 g/mol. The maximum Gasteiger partial charge on any atom is 0.331 e. The molecule has 1 aromatic heterocycles. The van der Waals surface area contributed by atoms with Crippen LogP contribution in [0.5, 0.6) is 0 Å². The van der Waals surface area contributed by atoms with Crippen LogP contribution < -0.4 is 5.32 Å². The highest BCUT2D eigenvalue weighted by Crippen LogP contribution is 2.21. The van der Waals surface area contributed by atoms with Gasteiger partial charge in [0.1, 0.15) is 5.76 Å². The molecule has 0 saturated heterocycles. The number of furan rings is 1. The first-order valence-electron chi connectivity index (χ1n) is 7.08. The summed E-state index contributed by atoms with van der Waals surface area (Å²) >= 11 is 11.8. The van der Waals surface area contributed by atoms with Gasteiger partial charge in [0.2, 0.25) is 0 Å². The third-order valence-corrected chi connectivity index (χ3v) is 3.62. The van der Waals surface area contributed by atoms with E-state index in [9.17, 15) is 9.59 Å². The first-order valence-corrected chi connectivity index (χ1v) is 7.84. The summed E-state index contributed by atoms with van der Waals surface area (Å²) in [6.45, 7) is 1.38. The fourth-order valence-electron chi connectivity index (χ4n) is 1.87. The molecule has 1 heterocycles. The summed E-state index contributed by atoms with van der Waals surface area (Å²) in [5, 5.41) is 3.57. The van der Waals surface area contributed by atoms with E-state index in [4.69, 9.17) is 32.4 Å². The van der Waals surface area contributed by atoms with E-state index < -0.39 is 11.9 Å². The summed E-state index contributed by atoms with van der Waals surface area (Å²) in [5.74, 6) is -0.459. The van der Waals surface area contributed by atoms with Crippen molar-refractivity contribution >= 4 is 41.2 Å². The Morgan fingerprint density at radius 3 is 2.79 bits per heavy atom. The van der Waals surface area contributed by atoms with Crippen LogP contribution in [0.2, 0.25) is 10.0 Å². The van der Waals surface area contributed by atoms with Gasteiger partial charge in [-0.05, 0) is 42.8 Å². The number of carbonyl (C=O) groups excluding carboxylic acids is 2. The summed E-state index contributed by atoms with van der Waals surface area (Å²) in [5.41, 5.74) is 0.619. The highest BCUT2D eigenvalue weighted by Gasteiger charge is 2.12. The molecular formula is C17H15Cl2NO4. The molecule has 1 atom stereocenters. The number of rotatable bonds is 6. The minimum atomic E-state index is -0.651. The van der Waals surface area contributed by atoms with E-state index in [1.807, 2.05) is 0 Å². The lowest BCUT2D eigenvalue weighted by molar-refractivity contribution is -0.144. The average Bonchev–Trinajstić information content (AvgIpc) is 3.06. The largest absolute Gasteiger partial charge is 0.467 e. The lowest BCUT2D eigenvalue weighted by Crippen LogP contribution is -2.30. The Labute approximate surface area is 149 Å². The maximum atomic E-state index is 11.7. The second kappa shape index (κ2) is 8.57. The number of nitrogens with one attached hydrogen (secondary N) is 1. The summed E-state index contributed by atoms with van der Waals surface area (Å²) in [6, 6.07) is 8.06. The fourth-order valence-corrected chi connectivity index (χ4v) is 2.34. The van der Waals surface area contributed by atoms with Gasteiger partial charge in [-0.15, -0.1) is 0 Å². The molecular weight excluding hydrogens is 353 g/mol. The molecule has 0 saturated carbocycles. The van der Waals surface area contributed by atoms with Crippen LogP contribution in [-0.2, 0) is 14.3 Å². The molecule has 0 aliphatic rings. The quantitative estimate of drug-likeness (QED) is 0.618. The highest BCUT2D eigenvalue weighted by atomic mass is 35.5. The van der Waals surface area contributed by atoms with Crippen LogP contribution in [0.1, 0.15) is 24.3 Å². The van der Waals surface area contributed by atoms with Crippen molar-refractivity contribution in [2.75, 3.05) is 6.61 Å². The number of ether oxygens (including phenoxy) is 1. The number of halogens is 2. The van der Waals surface area contributed by atoms with E-state index in [0.29, 0.717) is 21.4 Å². The van der Waals surface area contributed by atoms with E-state index >= 15 is 0 Å². The molecule has 0 spiro atoms. The molecule has 0 unspecified atom stereocenters. The molecule has 2 rings (SSSR count). The predicted molar refractivity (Wildman–Crippen MR) is 91.7 cm³/mol. The minimum absolute atomic E-state index is 0.311.